The number of aliphatic imine (C=N–C) groups is 1. The van der Waals surface area contributed by atoms with Crippen molar-refractivity contribution in [3.8, 4) is 0 Å². The number of rotatable bonds is 5. The van der Waals surface area contributed by atoms with Gasteiger partial charge < -0.3 is 10.2 Å². The first-order valence-corrected chi connectivity index (χ1v) is 6.62. The molecule has 0 radical (unpaired) electrons. The molecule has 0 unspecified atom stereocenters. The molecule has 0 aromatic heterocycles. The Morgan fingerprint density at radius 3 is 2.60 bits per heavy atom. The lowest BCUT2D eigenvalue weighted by atomic mass is 10.2. The first kappa shape index (κ1) is 8.10. The van der Waals surface area contributed by atoms with Crippen LogP contribution >= 0.6 is 0 Å². The number of para-hydroxylation sites is 1. The van der Waals surface area contributed by atoms with Crippen molar-refractivity contribution < 1.29 is 6.85 Å². The fraction of sp³-hybridized carbons (Fsp3) is 0.235. The van der Waals surface area contributed by atoms with E-state index in [1.165, 1.54) is 0 Å². The van der Waals surface area contributed by atoms with Gasteiger partial charge in [0.2, 0.25) is 0 Å². The van der Waals surface area contributed by atoms with E-state index in [1.54, 1.807) is 4.90 Å². The average molecular weight is 270 g/mol. The quantitative estimate of drug-likeness (QED) is 0.904. The molecule has 0 amide bonds. The molecule has 3 nitrogen and oxygen atoms in total. The highest BCUT2D eigenvalue weighted by atomic mass is 15.2. The molecule has 3 rings (SSSR count). The summed E-state index contributed by atoms with van der Waals surface area (Å²) in [6.45, 7) is 2.24. The SMILES string of the molecule is [2H]c1c([2H])c([2H])c(N(CC2=NCCN2)Cc2ccccc2)c([2H])c1[2H]. The van der Waals surface area contributed by atoms with E-state index in [9.17, 15) is 0 Å². The molecule has 1 N–H and O–H groups in total. The van der Waals surface area contributed by atoms with E-state index in [0.717, 1.165) is 17.9 Å². The van der Waals surface area contributed by atoms with Crippen LogP contribution in [0.25, 0.3) is 0 Å². The van der Waals surface area contributed by atoms with Crippen LogP contribution < -0.4 is 10.2 Å². The smallest absolute Gasteiger partial charge is 0.116 e. The Balaban J connectivity index is 2.04. The predicted octanol–water partition coefficient (Wildman–Crippen LogP) is 2.69. The number of hydrogen-bond acceptors (Lipinski definition) is 3. The van der Waals surface area contributed by atoms with Crippen LogP contribution in [0, 0.1) is 0 Å². The topological polar surface area (TPSA) is 27.6 Å². The Kier molecular flexibility index (Phi) is 2.53. The van der Waals surface area contributed by atoms with E-state index in [-0.39, 0.29) is 35.9 Å². The van der Waals surface area contributed by atoms with Crippen LogP contribution in [0.4, 0.5) is 5.69 Å². The van der Waals surface area contributed by atoms with Crippen LogP contribution in [0.15, 0.2) is 65.5 Å². The van der Waals surface area contributed by atoms with Crippen molar-refractivity contribution in [2.75, 3.05) is 24.5 Å². The van der Waals surface area contributed by atoms with Gasteiger partial charge in [0.15, 0.2) is 0 Å². The third-order valence-electron chi connectivity index (χ3n) is 3.10. The highest BCUT2D eigenvalue weighted by Gasteiger charge is 2.12. The number of benzene rings is 2. The van der Waals surface area contributed by atoms with Crippen molar-refractivity contribution in [1.82, 2.24) is 5.32 Å². The van der Waals surface area contributed by atoms with Gasteiger partial charge in [0.05, 0.1) is 19.9 Å². The van der Waals surface area contributed by atoms with Gasteiger partial charge in [-0.15, -0.1) is 0 Å². The van der Waals surface area contributed by atoms with Gasteiger partial charge in [-0.05, 0) is 17.6 Å². The Bertz CT molecular complexity index is 779. The molecule has 1 aliphatic rings. The Hall–Kier alpha value is -2.29. The van der Waals surface area contributed by atoms with Gasteiger partial charge in [0, 0.05) is 18.8 Å². The maximum Gasteiger partial charge on any atom is 0.116 e. The maximum atomic E-state index is 8.23. The third-order valence-corrected chi connectivity index (χ3v) is 3.10. The predicted molar refractivity (Wildman–Crippen MR) is 84.2 cm³/mol. The van der Waals surface area contributed by atoms with E-state index in [0.29, 0.717) is 19.6 Å². The molecule has 0 spiro atoms. The molecular formula is C17H19N3. The second kappa shape index (κ2) is 6.24. The number of anilines is 1. The van der Waals surface area contributed by atoms with Gasteiger partial charge in [-0.2, -0.15) is 0 Å². The summed E-state index contributed by atoms with van der Waals surface area (Å²) < 4.78 is 40.1. The van der Waals surface area contributed by atoms with E-state index < -0.39 is 0 Å². The first-order valence-electron chi connectivity index (χ1n) is 9.12. The van der Waals surface area contributed by atoms with Gasteiger partial charge in [-0.25, -0.2) is 0 Å². The van der Waals surface area contributed by atoms with Gasteiger partial charge in [-0.1, -0.05) is 48.5 Å². The summed E-state index contributed by atoms with van der Waals surface area (Å²) in [5.41, 5.74) is 1.19. The van der Waals surface area contributed by atoms with E-state index in [1.807, 2.05) is 30.3 Å². The average Bonchev–Trinajstić information content (AvgIpc) is 3.12. The van der Waals surface area contributed by atoms with Crippen LogP contribution in [-0.4, -0.2) is 25.5 Å². The Labute approximate surface area is 127 Å². The van der Waals surface area contributed by atoms with E-state index >= 15 is 0 Å². The molecule has 0 bridgehead atoms. The lowest BCUT2D eigenvalue weighted by Gasteiger charge is -2.25. The minimum absolute atomic E-state index is 0.194. The summed E-state index contributed by atoms with van der Waals surface area (Å²) >= 11 is 0. The summed E-state index contributed by atoms with van der Waals surface area (Å²) in [6, 6.07) is 8.24. The molecule has 2 aromatic carbocycles. The zero-order chi connectivity index (χ0) is 18.0. The molecule has 2 aromatic rings. The van der Waals surface area contributed by atoms with Gasteiger partial charge in [0.25, 0.3) is 0 Å². The van der Waals surface area contributed by atoms with Gasteiger partial charge in [0.1, 0.15) is 5.84 Å². The van der Waals surface area contributed by atoms with E-state index in [4.69, 9.17) is 6.85 Å². The molecule has 0 saturated carbocycles. The highest BCUT2D eigenvalue weighted by Crippen LogP contribution is 2.16. The number of nitrogens with zero attached hydrogens (tertiary/aromatic N) is 2. The molecule has 0 fully saturated rings. The van der Waals surface area contributed by atoms with Gasteiger partial charge in [-0.3, -0.25) is 4.99 Å². The van der Waals surface area contributed by atoms with Crippen LogP contribution in [0.5, 0.6) is 0 Å². The molecule has 1 aliphatic heterocycles. The highest BCUT2D eigenvalue weighted by molar-refractivity contribution is 5.88. The molecule has 0 atom stereocenters. The number of hydrogen-bond donors (Lipinski definition) is 1. The molecule has 102 valence electrons. The van der Waals surface area contributed by atoms with Crippen molar-refractivity contribution in [3.63, 3.8) is 0 Å². The largest absolute Gasteiger partial charge is 0.370 e. The van der Waals surface area contributed by atoms with E-state index in [2.05, 4.69) is 10.3 Å². The molecule has 1 heterocycles. The summed E-state index contributed by atoms with van der Waals surface area (Å²) in [5.74, 6) is 0.766. The molecule has 0 saturated heterocycles. The molecule has 3 heteroatoms. The zero-order valence-corrected chi connectivity index (χ0v) is 11.1. The second-order valence-electron chi connectivity index (χ2n) is 4.57. The summed E-state index contributed by atoms with van der Waals surface area (Å²) in [4.78, 5) is 6.16. The third kappa shape index (κ3) is 3.18. The number of amidine groups is 1. The first-order chi connectivity index (χ1) is 12.0. The maximum absolute atomic E-state index is 8.23. The standard InChI is InChI=1S/C17H19N3/c1-3-7-15(8-4-1)13-20(14-17-18-11-12-19-17)16-9-5-2-6-10-16/h1-10H,11-14H2,(H,18,19)/i2D,5D,6D,9D,10D. The summed E-state index contributed by atoms with van der Waals surface area (Å²) in [5, 5.41) is 3.18. The van der Waals surface area contributed by atoms with Crippen LogP contribution in [0.1, 0.15) is 12.4 Å². The fourth-order valence-electron chi connectivity index (χ4n) is 2.15. The lowest BCUT2D eigenvalue weighted by molar-refractivity contribution is 0.866. The normalized spacial score (nSPS) is 17.2. The monoisotopic (exact) mass is 270 g/mol. The van der Waals surface area contributed by atoms with Crippen molar-refractivity contribution in [2.45, 2.75) is 6.54 Å². The Morgan fingerprint density at radius 1 is 1.10 bits per heavy atom. The molecular weight excluding hydrogens is 246 g/mol. The minimum atomic E-state index is -0.380. The van der Waals surface area contributed by atoms with Crippen molar-refractivity contribution in [2.24, 2.45) is 4.99 Å². The summed E-state index contributed by atoms with van der Waals surface area (Å²) in [6.07, 6.45) is 0. The second-order valence-corrected chi connectivity index (χ2v) is 4.57. The number of nitrogens with one attached hydrogen (secondary N) is 1. The van der Waals surface area contributed by atoms with Crippen LogP contribution in [-0.2, 0) is 6.54 Å². The minimum Gasteiger partial charge on any atom is -0.370 e. The van der Waals surface area contributed by atoms with Crippen molar-refractivity contribution >= 4 is 11.5 Å². The molecule has 20 heavy (non-hydrogen) atoms. The van der Waals surface area contributed by atoms with Crippen molar-refractivity contribution in [3.05, 3.63) is 66.1 Å². The fourth-order valence-corrected chi connectivity index (χ4v) is 2.15. The van der Waals surface area contributed by atoms with Gasteiger partial charge >= 0.3 is 0 Å². The Morgan fingerprint density at radius 2 is 1.90 bits per heavy atom. The molecule has 0 aliphatic carbocycles. The summed E-state index contributed by atoms with van der Waals surface area (Å²) in [7, 11) is 0. The van der Waals surface area contributed by atoms with Crippen molar-refractivity contribution in [1.29, 1.82) is 0 Å². The van der Waals surface area contributed by atoms with Crippen LogP contribution in [0.2, 0.25) is 0 Å². The van der Waals surface area contributed by atoms with Crippen LogP contribution in [0.3, 0.4) is 0 Å². The zero-order valence-electron chi connectivity index (χ0n) is 16.1. The lowest BCUT2D eigenvalue weighted by Crippen LogP contribution is -2.34.